The van der Waals surface area contributed by atoms with E-state index in [1.165, 1.54) is 0 Å². The zero-order valence-electron chi connectivity index (χ0n) is 10.6. The predicted octanol–water partition coefficient (Wildman–Crippen LogP) is -0.489. The third-order valence-electron chi connectivity index (χ3n) is 3.35. The van der Waals surface area contributed by atoms with Gasteiger partial charge in [0.2, 0.25) is 0 Å². The van der Waals surface area contributed by atoms with E-state index in [1.807, 2.05) is 0 Å². The Hall–Kier alpha value is -0.160. The fourth-order valence-electron chi connectivity index (χ4n) is 2.17. The molecule has 0 aromatic heterocycles. The van der Waals surface area contributed by atoms with E-state index in [4.69, 9.17) is 5.73 Å². The molecule has 0 amide bonds. The molecule has 4 nitrogen and oxygen atoms in total. The molecule has 1 aliphatic heterocycles. The van der Waals surface area contributed by atoms with Crippen molar-refractivity contribution in [2.75, 3.05) is 53.9 Å². The van der Waals surface area contributed by atoms with Gasteiger partial charge in [0, 0.05) is 44.8 Å². The van der Waals surface area contributed by atoms with E-state index in [2.05, 4.69) is 42.8 Å². The topological polar surface area (TPSA) is 35.7 Å². The van der Waals surface area contributed by atoms with Crippen molar-refractivity contribution >= 4 is 0 Å². The summed E-state index contributed by atoms with van der Waals surface area (Å²) in [6.07, 6.45) is 0. The zero-order valence-corrected chi connectivity index (χ0v) is 10.6. The molecule has 0 bridgehead atoms. The maximum absolute atomic E-state index is 5.78. The molecule has 15 heavy (non-hydrogen) atoms. The number of hydrogen-bond donors (Lipinski definition) is 1. The SMILES string of the molecule is CC1CN(C)C(CN)CN1CCN(C)C. The third kappa shape index (κ3) is 3.72. The van der Waals surface area contributed by atoms with Crippen molar-refractivity contribution in [3.05, 3.63) is 0 Å². The summed E-state index contributed by atoms with van der Waals surface area (Å²) in [6.45, 7) is 7.60. The van der Waals surface area contributed by atoms with Crippen molar-refractivity contribution in [3.63, 3.8) is 0 Å². The van der Waals surface area contributed by atoms with Crippen molar-refractivity contribution in [3.8, 4) is 0 Å². The van der Waals surface area contributed by atoms with Gasteiger partial charge in [-0.25, -0.2) is 0 Å². The second-order valence-corrected chi connectivity index (χ2v) is 4.98. The van der Waals surface area contributed by atoms with E-state index in [0.717, 1.165) is 32.7 Å². The smallest absolute Gasteiger partial charge is 0.0343 e. The van der Waals surface area contributed by atoms with Crippen molar-refractivity contribution in [2.45, 2.75) is 19.0 Å². The molecule has 2 atom stereocenters. The Morgan fingerprint density at radius 2 is 2.00 bits per heavy atom. The molecule has 2 unspecified atom stereocenters. The van der Waals surface area contributed by atoms with Crippen LogP contribution in [0.2, 0.25) is 0 Å². The Labute approximate surface area is 94.0 Å². The van der Waals surface area contributed by atoms with Crippen LogP contribution in [0.4, 0.5) is 0 Å². The minimum atomic E-state index is 0.531. The van der Waals surface area contributed by atoms with Gasteiger partial charge in [-0.05, 0) is 28.1 Å². The first-order chi connectivity index (χ1) is 7.04. The van der Waals surface area contributed by atoms with Crippen LogP contribution in [0.15, 0.2) is 0 Å². The van der Waals surface area contributed by atoms with E-state index in [0.29, 0.717) is 12.1 Å². The van der Waals surface area contributed by atoms with E-state index >= 15 is 0 Å². The lowest BCUT2D eigenvalue weighted by atomic mass is 10.1. The molecule has 0 spiro atoms. The standard InChI is InChI=1S/C11H26N4/c1-10-8-14(4)11(7-12)9-15(10)6-5-13(2)3/h10-11H,5-9,12H2,1-4H3. The van der Waals surface area contributed by atoms with Gasteiger partial charge < -0.3 is 10.6 Å². The Morgan fingerprint density at radius 3 is 2.53 bits per heavy atom. The zero-order chi connectivity index (χ0) is 11.4. The largest absolute Gasteiger partial charge is 0.329 e. The molecule has 0 aromatic rings. The number of hydrogen-bond acceptors (Lipinski definition) is 4. The minimum absolute atomic E-state index is 0.531. The highest BCUT2D eigenvalue weighted by atomic mass is 15.3. The summed E-state index contributed by atoms with van der Waals surface area (Å²) >= 11 is 0. The van der Waals surface area contributed by atoms with Gasteiger partial charge in [-0.15, -0.1) is 0 Å². The first kappa shape index (κ1) is 12.9. The molecule has 1 aliphatic rings. The molecular formula is C11H26N4. The molecule has 0 radical (unpaired) electrons. The maximum atomic E-state index is 5.78. The van der Waals surface area contributed by atoms with Gasteiger partial charge in [0.05, 0.1) is 0 Å². The highest BCUT2D eigenvalue weighted by Crippen LogP contribution is 2.12. The maximum Gasteiger partial charge on any atom is 0.0343 e. The summed E-state index contributed by atoms with van der Waals surface area (Å²) in [5.74, 6) is 0. The fourth-order valence-corrected chi connectivity index (χ4v) is 2.17. The van der Waals surface area contributed by atoms with Crippen LogP contribution in [0.1, 0.15) is 6.92 Å². The van der Waals surface area contributed by atoms with Gasteiger partial charge >= 0.3 is 0 Å². The quantitative estimate of drug-likeness (QED) is 0.685. The van der Waals surface area contributed by atoms with Crippen molar-refractivity contribution in [1.82, 2.24) is 14.7 Å². The van der Waals surface area contributed by atoms with E-state index in [1.54, 1.807) is 0 Å². The average Bonchev–Trinajstić information content (AvgIpc) is 2.16. The van der Waals surface area contributed by atoms with Crippen LogP contribution in [-0.4, -0.2) is 80.7 Å². The van der Waals surface area contributed by atoms with Gasteiger partial charge in [-0.2, -0.15) is 0 Å². The summed E-state index contributed by atoms with van der Waals surface area (Å²) in [5.41, 5.74) is 5.78. The van der Waals surface area contributed by atoms with Crippen LogP contribution in [-0.2, 0) is 0 Å². The monoisotopic (exact) mass is 214 g/mol. The molecule has 90 valence electrons. The first-order valence-electron chi connectivity index (χ1n) is 5.83. The number of nitrogens with two attached hydrogens (primary N) is 1. The summed E-state index contributed by atoms with van der Waals surface area (Å²) < 4.78 is 0. The molecule has 1 rings (SSSR count). The van der Waals surface area contributed by atoms with Crippen molar-refractivity contribution in [1.29, 1.82) is 0 Å². The summed E-state index contributed by atoms with van der Waals surface area (Å²) in [4.78, 5) is 7.18. The van der Waals surface area contributed by atoms with E-state index < -0.39 is 0 Å². The molecule has 0 aliphatic carbocycles. The van der Waals surface area contributed by atoms with Gasteiger partial charge in [0.25, 0.3) is 0 Å². The Bertz CT molecular complexity index is 183. The number of likely N-dealkylation sites (N-methyl/N-ethyl adjacent to an activating group) is 2. The van der Waals surface area contributed by atoms with Crippen LogP contribution in [0.3, 0.4) is 0 Å². The van der Waals surface area contributed by atoms with Crippen LogP contribution in [0.5, 0.6) is 0 Å². The predicted molar refractivity (Wildman–Crippen MR) is 65.1 cm³/mol. The molecule has 4 heteroatoms. The van der Waals surface area contributed by atoms with Crippen molar-refractivity contribution < 1.29 is 0 Å². The molecule has 0 aromatic carbocycles. The molecule has 0 saturated carbocycles. The molecular weight excluding hydrogens is 188 g/mol. The van der Waals surface area contributed by atoms with Crippen LogP contribution < -0.4 is 5.73 Å². The Balaban J connectivity index is 2.42. The van der Waals surface area contributed by atoms with Gasteiger partial charge in [-0.3, -0.25) is 9.80 Å². The summed E-state index contributed by atoms with van der Waals surface area (Å²) in [6, 6.07) is 1.18. The number of nitrogens with zero attached hydrogens (tertiary/aromatic N) is 3. The highest BCUT2D eigenvalue weighted by Gasteiger charge is 2.27. The van der Waals surface area contributed by atoms with Crippen LogP contribution in [0, 0.1) is 0 Å². The van der Waals surface area contributed by atoms with Gasteiger partial charge in [0.1, 0.15) is 0 Å². The third-order valence-corrected chi connectivity index (χ3v) is 3.35. The second kappa shape index (κ2) is 5.80. The Morgan fingerprint density at radius 1 is 1.33 bits per heavy atom. The van der Waals surface area contributed by atoms with E-state index in [9.17, 15) is 0 Å². The summed E-state index contributed by atoms with van der Waals surface area (Å²) in [5, 5.41) is 0. The van der Waals surface area contributed by atoms with Gasteiger partial charge in [0.15, 0.2) is 0 Å². The number of piperazine rings is 1. The molecule has 2 N–H and O–H groups in total. The molecule has 1 heterocycles. The minimum Gasteiger partial charge on any atom is -0.329 e. The summed E-state index contributed by atoms with van der Waals surface area (Å²) in [7, 11) is 6.43. The average molecular weight is 214 g/mol. The van der Waals surface area contributed by atoms with Gasteiger partial charge in [-0.1, -0.05) is 0 Å². The lowest BCUT2D eigenvalue weighted by Crippen LogP contribution is -2.58. The van der Waals surface area contributed by atoms with Crippen LogP contribution >= 0.6 is 0 Å². The number of rotatable bonds is 4. The lowest BCUT2D eigenvalue weighted by molar-refractivity contribution is 0.0518. The van der Waals surface area contributed by atoms with E-state index in [-0.39, 0.29) is 0 Å². The second-order valence-electron chi connectivity index (χ2n) is 4.98. The normalized spacial score (nSPS) is 30.0. The van der Waals surface area contributed by atoms with Crippen molar-refractivity contribution in [2.24, 2.45) is 5.73 Å². The highest BCUT2D eigenvalue weighted by molar-refractivity contribution is 4.85. The van der Waals surface area contributed by atoms with Crippen LogP contribution in [0.25, 0.3) is 0 Å². The Kier molecular flexibility index (Phi) is 4.99. The fraction of sp³-hybridized carbons (Fsp3) is 1.00. The lowest BCUT2D eigenvalue weighted by Gasteiger charge is -2.43. The molecule has 1 saturated heterocycles. The first-order valence-corrected chi connectivity index (χ1v) is 5.83. The molecule has 1 fully saturated rings.